The van der Waals surface area contributed by atoms with Crippen LogP contribution in [0.3, 0.4) is 0 Å². The van der Waals surface area contributed by atoms with Crippen molar-refractivity contribution in [3.63, 3.8) is 0 Å². The highest BCUT2D eigenvalue weighted by Gasteiger charge is 2.48. The van der Waals surface area contributed by atoms with E-state index in [9.17, 15) is 20.4 Å². The maximum atomic E-state index is 10.2. The van der Waals surface area contributed by atoms with Crippen molar-refractivity contribution in [1.29, 1.82) is 5.53 Å². The topological polar surface area (TPSA) is 167 Å². The molecule has 2 aliphatic carbocycles. The average molecular weight is 515 g/mol. The van der Waals surface area contributed by atoms with Crippen LogP contribution in [0.4, 0.5) is 17.3 Å². The van der Waals surface area contributed by atoms with E-state index in [1.165, 1.54) is 16.6 Å². The Labute approximate surface area is 204 Å². The molecule has 6 unspecified atom stereocenters. The van der Waals surface area contributed by atoms with E-state index < -0.39 is 30.5 Å². The lowest BCUT2D eigenvalue weighted by Gasteiger charge is -2.22. The summed E-state index contributed by atoms with van der Waals surface area (Å²) < 4.78 is 0.773. The number of aliphatic hydroxyl groups is 4. The molecule has 2 aliphatic rings. The van der Waals surface area contributed by atoms with Crippen LogP contribution in [-0.4, -0.2) is 73.1 Å². The zero-order chi connectivity index (χ0) is 23.7. The molecule has 0 spiro atoms. The van der Waals surface area contributed by atoms with Crippen molar-refractivity contribution in [2.45, 2.75) is 61.3 Å². The Morgan fingerprint density at radius 2 is 1.85 bits per heavy atom. The van der Waals surface area contributed by atoms with Crippen LogP contribution in [0.2, 0.25) is 4.34 Å². The van der Waals surface area contributed by atoms with Crippen LogP contribution < -0.4 is 10.6 Å². The van der Waals surface area contributed by atoms with Gasteiger partial charge in [0.15, 0.2) is 22.5 Å². The molecule has 0 bridgehead atoms. The quantitative estimate of drug-likeness (QED) is 0.143. The fourth-order valence-electron chi connectivity index (χ4n) is 3.96. The summed E-state index contributed by atoms with van der Waals surface area (Å²) in [6.45, 7) is 2.67. The van der Waals surface area contributed by atoms with Crippen molar-refractivity contribution in [2.75, 3.05) is 22.9 Å². The predicted molar refractivity (Wildman–Crippen MR) is 128 cm³/mol. The first kappa shape index (κ1) is 24.6. The molecule has 0 amide bonds. The number of thioether (sulfide) groups is 1. The van der Waals surface area contributed by atoms with Crippen molar-refractivity contribution in [2.24, 2.45) is 11.0 Å². The molecule has 0 aromatic carbocycles. The molecule has 0 saturated heterocycles. The molecule has 7 N–H and O–H groups in total. The summed E-state index contributed by atoms with van der Waals surface area (Å²) in [5.74, 6) is 2.14. The zero-order valence-corrected chi connectivity index (χ0v) is 20.2. The fraction of sp³-hybridized carbons (Fsp3) is 0.600. The molecule has 2 aromatic rings. The summed E-state index contributed by atoms with van der Waals surface area (Å²) in [5.41, 5.74) is 7.81. The number of hydrogen-bond acceptors (Lipinski definition) is 12. The van der Waals surface area contributed by atoms with Crippen molar-refractivity contribution < 1.29 is 20.4 Å². The lowest BCUT2D eigenvalue weighted by molar-refractivity contribution is -0.0413. The van der Waals surface area contributed by atoms with Crippen LogP contribution in [0.5, 0.6) is 0 Å². The highest BCUT2D eigenvalue weighted by Crippen LogP contribution is 2.50. The highest BCUT2D eigenvalue weighted by molar-refractivity contribution is 7.99. The summed E-state index contributed by atoms with van der Waals surface area (Å²) >= 11 is 9.08. The molecule has 10 nitrogen and oxygen atoms in total. The number of anilines is 2. The van der Waals surface area contributed by atoms with E-state index in [2.05, 4.69) is 31.8 Å². The van der Waals surface area contributed by atoms with E-state index in [0.717, 1.165) is 22.9 Å². The molecule has 33 heavy (non-hydrogen) atoms. The van der Waals surface area contributed by atoms with Gasteiger partial charge in [0.1, 0.15) is 24.4 Å². The van der Waals surface area contributed by atoms with E-state index in [1.54, 1.807) is 11.3 Å². The monoisotopic (exact) mass is 514 g/mol. The largest absolute Gasteiger partial charge is 0.388 e. The van der Waals surface area contributed by atoms with E-state index >= 15 is 0 Å². The van der Waals surface area contributed by atoms with Gasteiger partial charge in [-0.05, 0) is 36.8 Å². The molecule has 2 saturated carbocycles. The van der Waals surface area contributed by atoms with Gasteiger partial charge < -0.3 is 31.1 Å². The standard InChI is InChI=1S/C20H27ClN6O4S2/c1-2-5-32-20-25-18(23-7-8-6-9(8)10-3-4-11(21)33-10)13(27-22)19(26-20)24-12-14(28)16(30)17(31)15(12)29/h3-4,8-9,12,14-17,22,28-31H,2,5-7H2,1H3,(H2,23,24,25,26). The van der Waals surface area contributed by atoms with Crippen molar-refractivity contribution in [3.05, 3.63) is 21.3 Å². The predicted octanol–water partition coefficient (Wildman–Crippen LogP) is 2.81. The molecule has 6 atom stereocenters. The number of rotatable bonds is 10. The summed E-state index contributed by atoms with van der Waals surface area (Å²) in [4.78, 5) is 10.2. The van der Waals surface area contributed by atoms with Crippen LogP contribution in [-0.2, 0) is 0 Å². The third-order valence-electron chi connectivity index (χ3n) is 5.91. The molecular formula is C20H27ClN6O4S2. The Hall–Kier alpha value is -1.54. The molecule has 0 aliphatic heterocycles. The summed E-state index contributed by atoms with van der Waals surface area (Å²) in [7, 11) is 0. The normalized spacial score (nSPS) is 30.9. The van der Waals surface area contributed by atoms with Crippen molar-refractivity contribution in [3.8, 4) is 0 Å². The van der Waals surface area contributed by atoms with E-state index in [1.807, 2.05) is 13.0 Å². The van der Waals surface area contributed by atoms with Gasteiger partial charge in [-0.1, -0.05) is 30.3 Å². The average Bonchev–Trinajstić information content (AvgIpc) is 3.42. The maximum Gasteiger partial charge on any atom is 0.191 e. The van der Waals surface area contributed by atoms with Crippen LogP contribution >= 0.6 is 34.7 Å². The zero-order valence-electron chi connectivity index (χ0n) is 17.8. The summed E-state index contributed by atoms with van der Waals surface area (Å²) in [6, 6.07) is 2.87. The molecule has 180 valence electrons. The molecule has 0 radical (unpaired) electrons. The van der Waals surface area contributed by atoms with Gasteiger partial charge in [0, 0.05) is 17.2 Å². The Balaban J connectivity index is 1.53. The second kappa shape index (κ2) is 10.4. The number of aliphatic hydroxyl groups excluding tert-OH is 4. The van der Waals surface area contributed by atoms with Gasteiger partial charge in [-0.2, -0.15) is 5.11 Å². The maximum absolute atomic E-state index is 10.2. The summed E-state index contributed by atoms with van der Waals surface area (Å²) in [6.07, 6.45) is -3.90. The number of thiophene rings is 1. The Kier molecular flexibility index (Phi) is 7.73. The Morgan fingerprint density at radius 3 is 2.45 bits per heavy atom. The van der Waals surface area contributed by atoms with Gasteiger partial charge in [0.2, 0.25) is 0 Å². The van der Waals surface area contributed by atoms with Crippen molar-refractivity contribution >= 4 is 52.0 Å². The minimum Gasteiger partial charge on any atom is -0.388 e. The Morgan fingerprint density at radius 1 is 1.15 bits per heavy atom. The lowest BCUT2D eigenvalue weighted by Crippen LogP contribution is -2.40. The van der Waals surface area contributed by atoms with E-state index in [-0.39, 0.29) is 11.5 Å². The smallest absolute Gasteiger partial charge is 0.191 e. The first-order valence-corrected chi connectivity index (χ1v) is 12.9. The first-order chi connectivity index (χ1) is 15.8. The van der Waals surface area contributed by atoms with Gasteiger partial charge in [0.05, 0.1) is 10.4 Å². The van der Waals surface area contributed by atoms with Crippen molar-refractivity contribution in [1.82, 2.24) is 9.97 Å². The third kappa shape index (κ3) is 5.26. The molecular weight excluding hydrogens is 488 g/mol. The minimum atomic E-state index is -1.50. The van der Waals surface area contributed by atoms with E-state index in [0.29, 0.717) is 29.4 Å². The van der Waals surface area contributed by atoms with Gasteiger partial charge in [-0.3, -0.25) is 0 Å². The van der Waals surface area contributed by atoms with Gasteiger partial charge in [-0.15, -0.1) is 11.3 Å². The molecule has 13 heteroatoms. The highest BCUT2D eigenvalue weighted by atomic mass is 35.5. The fourth-order valence-corrected chi connectivity index (χ4v) is 5.92. The minimum absolute atomic E-state index is 0.127. The van der Waals surface area contributed by atoms with Crippen LogP contribution in [0.1, 0.15) is 30.6 Å². The number of nitrogens with one attached hydrogen (secondary N) is 3. The molecule has 2 fully saturated rings. The van der Waals surface area contributed by atoms with Gasteiger partial charge in [-0.25, -0.2) is 15.5 Å². The first-order valence-electron chi connectivity index (χ1n) is 10.7. The SMILES string of the molecule is CCCSc1nc(NCC2CC2c2ccc(Cl)s2)c(N=N)c(NC2C(O)C(O)C(O)C2O)n1. The molecule has 2 aromatic heterocycles. The molecule has 4 rings (SSSR count). The van der Waals surface area contributed by atoms with Crippen LogP contribution in [0.15, 0.2) is 22.4 Å². The lowest BCUT2D eigenvalue weighted by atomic mass is 10.1. The van der Waals surface area contributed by atoms with Crippen LogP contribution in [0.25, 0.3) is 0 Å². The number of halogens is 1. The number of aromatic nitrogens is 2. The molecule has 2 heterocycles. The number of nitrogens with zero attached hydrogens (tertiary/aromatic N) is 3. The number of hydrogen-bond donors (Lipinski definition) is 7. The second-order valence-electron chi connectivity index (χ2n) is 8.27. The summed E-state index contributed by atoms with van der Waals surface area (Å²) in [5, 5.41) is 50.5. The van der Waals surface area contributed by atoms with Crippen LogP contribution in [0, 0.1) is 11.4 Å². The second-order valence-corrected chi connectivity index (χ2v) is 11.1. The van der Waals surface area contributed by atoms with Gasteiger partial charge >= 0.3 is 0 Å². The van der Waals surface area contributed by atoms with Gasteiger partial charge in [0.25, 0.3) is 0 Å². The Bertz CT molecular complexity index is 983. The third-order valence-corrected chi connectivity index (χ3v) is 8.33. The van der Waals surface area contributed by atoms with E-state index in [4.69, 9.17) is 17.1 Å².